The molecule has 1 amide bonds. The van der Waals surface area contributed by atoms with Gasteiger partial charge in [-0.3, -0.25) is 14.4 Å². The van der Waals surface area contributed by atoms with Gasteiger partial charge in [0.25, 0.3) is 0 Å². The van der Waals surface area contributed by atoms with Crippen molar-refractivity contribution in [3.05, 3.63) is 29.8 Å². The first-order chi connectivity index (χ1) is 22.8. The number of carbonyl (C=O) groups excluding carboxylic acids is 3. The number of esters is 2. The van der Waals surface area contributed by atoms with E-state index in [0.29, 0.717) is 37.3 Å². The Bertz CT molecular complexity index is 947. The molecule has 8 nitrogen and oxygen atoms in total. The molecule has 47 heavy (non-hydrogen) atoms. The highest BCUT2D eigenvalue weighted by Gasteiger charge is 2.20. The van der Waals surface area contributed by atoms with Crippen LogP contribution in [-0.2, 0) is 30.3 Å². The van der Waals surface area contributed by atoms with Crippen molar-refractivity contribution < 1.29 is 29.0 Å². The van der Waals surface area contributed by atoms with E-state index in [1.54, 1.807) is 18.2 Å². The summed E-state index contributed by atoms with van der Waals surface area (Å²) in [5.41, 5.74) is 7.05. The van der Waals surface area contributed by atoms with Crippen LogP contribution < -0.4 is 11.1 Å². The van der Waals surface area contributed by atoms with Crippen LogP contribution >= 0.6 is 11.8 Å². The highest BCUT2D eigenvalue weighted by Crippen LogP contribution is 2.15. The number of phenolic OH excluding ortho intramolecular Hbond substituents is 1. The van der Waals surface area contributed by atoms with E-state index < -0.39 is 12.1 Å². The molecule has 0 saturated heterocycles. The van der Waals surface area contributed by atoms with Crippen LogP contribution in [0.15, 0.2) is 24.3 Å². The summed E-state index contributed by atoms with van der Waals surface area (Å²) in [5, 5.41) is 12.4. The zero-order valence-electron chi connectivity index (χ0n) is 29.6. The number of amides is 1. The molecule has 0 aliphatic heterocycles. The van der Waals surface area contributed by atoms with Gasteiger partial charge in [0.15, 0.2) is 0 Å². The number of hydrogen-bond donors (Lipinski definition) is 3. The quantitative estimate of drug-likeness (QED) is 0.0528. The van der Waals surface area contributed by atoms with E-state index in [1.807, 2.05) is 6.07 Å². The van der Waals surface area contributed by atoms with Gasteiger partial charge in [0, 0.05) is 30.9 Å². The average Bonchev–Trinajstić information content (AvgIpc) is 3.05. The van der Waals surface area contributed by atoms with Crippen LogP contribution in [0.1, 0.15) is 148 Å². The summed E-state index contributed by atoms with van der Waals surface area (Å²) >= 11 is 1.41. The number of rotatable bonds is 31. The van der Waals surface area contributed by atoms with E-state index in [1.165, 1.54) is 88.8 Å². The second-order valence-corrected chi connectivity index (χ2v) is 13.9. The van der Waals surface area contributed by atoms with Gasteiger partial charge in [-0.2, -0.15) is 11.8 Å². The Kier molecular flexibility index (Phi) is 27.2. The second-order valence-electron chi connectivity index (χ2n) is 12.8. The van der Waals surface area contributed by atoms with Crippen LogP contribution in [0.4, 0.5) is 0 Å². The normalized spacial score (nSPS) is 12.4. The predicted octanol–water partition coefficient (Wildman–Crippen LogP) is 8.41. The van der Waals surface area contributed by atoms with Gasteiger partial charge >= 0.3 is 11.9 Å². The molecule has 1 aromatic rings. The van der Waals surface area contributed by atoms with Gasteiger partial charge in [0.1, 0.15) is 18.5 Å². The molecule has 1 aromatic carbocycles. The molecule has 0 heterocycles. The molecule has 0 spiro atoms. The third-order valence-corrected chi connectivity index (χ3v) is 9.46. The van der Waals surface area contributed by atoms with Gasteiger partial charge in [0.2, 0.25) is 5.91 Å². The molecular weight excluding hydrogens is 612 g/mol. The first-order valence-electron chi connectivity index (χ1n) is 18.6. The van der Waals surface area contributed by atoms with Gasteiger partial charge in [0.05, 0.1) is 6.04 Å². The molecule has 0 fully saturated rings. The molecule has 0 aliphatic rings. The van der Waals surface area contributed by atoms with Crippen molar-refractivity contribution in [2.24, 2.45) is 5.73 Å². The Morgan fingerprint density at radius 2 is 1.30 bits per heavy atom. The second kappa shape index (κ2) is 29.8. The van der Waals surface area contributed by atoms with E-state index in [9.17, 15) is 19.5 Å². The number of aromatic hydroxyl groups is 1. The standard InChI is InChI=1S/C38H66N2O6S/c1-3-5-7-9-11-13-15-17-19-24-36(42)45-29-34(46-37(43)25-20-18-16-14-12-10-8-6-4-2)30-47-31-35(39)38(44)40-27-26-32-22-21-23-33(41)28-32/h21-23,28,34-35,41H,3-20,24-27,29-31,39H2,1-2H3,(H,40,44)/t34-,35+/m1/s1. The van der Waals surface area contributed by atoms with Crippen molar-refractivity contribution in [2.45, 2.75) is 161 Å². The highest BCUT2D eigenvalue weighted by molar-refractivity contribution is 7.99. The Balaban J connectivity index is 2.40. The fourth-order valence-corrected chi connectivity index (χ4v) is 6.32. The van der Waals surface area contributed by atoms with Crippen molar-refractivity contribution in [1.29, 1.82) is 0 Å². The number of hydrogen-bond acceptors (Lipinski definition) is 8. The van der Waals surface area contributed by atoms with Crippen LogP contribution in [0.2, 0.25) is 0 Å². The first kappa shape index (κ1) is 42.8. The van der Waals surface area contributed by atoms with Crippen LogP contribution in [0.5, 0.6) is 5.75 Å². The largest absolute Gasteiger partial charge is 0.508 e. The lowest BCUT2D eigenvalue weighted by atomic mass is 10.1. The predicted molar refractivity (Wildman–Crippen MR) is 195 cm³/mol. The molecule has 270 valence electrons. The smallest absolute Gasteiger partial charge is 0.306 e. The van der Waals surface area contributed by atoms with Crippen LogP contribution in [0.25, 0.3) is 0 Å². The number of unbranched alkanes of at least 4 members (excludes halogenated alkanes) is 16. The molecule has 9 heteroatoms. The molecule has 0 aliphatic carbocycles. The van der Waals surface area contributed by atoms with Crippen LogP contribution in [0.3, 0.4) is 0 Å². The van der Waals surface area contributed by atoms with Crippen molar-refractivity contribution in [2.75, 3.05) is 24.7 Å². The zero-order chi connectivity index (χ0) is 34.4. The number of nitrogens with one attached hydrogen (secondary N) is 1. The molecule has 1 rings (SSSR count). The summed E-state index contributed by atoms with van der Waals surface area (Å²) in [6, 6.07) is 6.21. The van der Waals surface area contributed by atoms with Gasteiger partial charge in [-0.15, -0.1) is 0 Å². The van der Waals surface area contributed by atoms with Crippen LogP contribution in [0, 0.1) is 0 Å². The number of nitrogens with two attached hydrogens (primary N) is 1. The Morgan fingerprint density at radius 3 is 1.85 bits per heavy atom. The Labute approximate surface area is 290 Å². The summed E-state index contributed by atoms with van der Waals surface area (Å²) in [6.07, 6.45) is 21.9. The summed E-state index contributed by atoms with van der Waals surface area (Å²) < 4.78 is 11.3. The van der Waals surface area contributed by atoms with Crippen molar-refractivity contribution in [3.63, 3.8) is 0 Å². The van der Waals surface area contributed by atoms with Crippen molar-refractivity contribution >= 4 is 29.6 Å². The van der Waals surface area contributed by atoms with Gasteiger partial charge in [-0.05, 0) is 37.0 Å². The van der Waals surface area contributed by atoms with E-state index in [2.05, 4.69) is 19.2 Å². The minimum atomic E-state index is -0.725. The average molecular weight is 679 g/mol. The SMILES string of the molecule is CCCCCCCCCCCC(=O)OC[C@H](CSC[C@H](N)C(=O)NCCc1cccc(O)c1)OC(=O)CCCCCCCCCCC. The van der Waals surface area contributed by atoms with E-state index >= 15 is 0 Å². The number of phenols is 1. The number of carbonyl (C=O) groups is 3. The minimum Gasteiger partial charge on any atom is -0.508 e. The lowest BCUT2D eigenvalue weighted by Gasteiger charge is -2.19. The maximum absolute atomic E-state index is 12.6. The summed E-state index contributed by atoms with van der Waals surface area (Å²) in [6.45, 7) is 4.87. The zero-order valence-corrected chi connectivity index (χ0v) is 30.4. The van der Waals surface area contributed by atoms with E-state index in [-0.39, 0.29) is 30.2 Å². The Hall–Kier alpha value is -2.26. The molecule has 0 saturated carbocycles. The summed E-state index contributed by atoms with van der Waals surface area (Å²) in [7, 11) is 0. The van der Waals surface area contributed by atoms with E-state index in [0.717, 1.165) is 44.1 Å². The number of benzene rings is 1. The minimum absolute atomic E-state index is 0.0120. The monoisotopic (exact) mass is 678 g/mol. The third kappa shape index (κ3) is 25.4. The maximum Gasteiger partial charge on any atom is 0.306 e. The molecule has 2 atom stereocenters. The fourth-order valence-electron chi connectivity index (χ4n) is 5.35. The van der Waals surface area contributed by atoms with Crippen molar-refractivity contribution in [3.8, 4) is 5.75 Å². The molecule has 4 N–H and O–H groups in total. The number of ether oxygens (including phenoxy) is 2. The molecule has 0 unspecified atom stereocenters. The van der Waals surface area contributed by atoms with Gasteiger partial charge in [-0.1, -0.05) is 129 Å². The topological polar surface area (TPSA) is 128 Å². The molecule has 0 bridgehead atoms. The molecule has 0 radical (unpaired) electrons. The third-order valence-electron chi connectivity index (χ3n) is 8.26. The van der Waals surface area contributed by atoms with Gasteiger partial charge in [-0.25, -0.2) is 0 Å². The molecular formula is C38H66N2O6S. The molecule has 0 aromatic heterocycles. The lowest BCUT2D eigenvalue weighted by Crippen LogP contribution is -2.43. The summed E-state index contributed by atoms with van der Waals surface area (Å²) in [5.74, 6) is 0.127. The highest BCUT2D eigenvalue weighted by atomic mass is 32.2. The summed E-state index contributed by atoms with van der Waals surface area (Å²) in [4.78, 5) is 37.6. The Morgan fingerprint density at radius 1 is 0.766 bits per heavy atom. The fraction of sp³-hybridized carbons (Fsp3) is 0.763. The van der Waals surface area contributed by atoms with Crippen LogP contribution in [-0.4, -0.2) is 59.8 Å². The van der Waals surface area contributed by atoms with E-state index in [4.69, 9.17) is 15.2 Å². The maximum atomic E-state index is 12.6. The number of thioether (sulfide) groups is 1. The first-order valence-corrected chi connectivity index (χ1v) is 19.7. The lowest BCUT2D eigenvalue weighted by molar-refractivity contribution is -0.157. The van der Waals surface area contributed by atoms with Crippen molar-refractivity contribution in [1.82, 2.24) is 5.32 Å². The van der Waals surface area contributed by atoms with Gasteiger partial charge < -0.3 is 25.6 Å².